The van der Waals surface area contributed by atoms with E-state index in [2.05, 4.69) is 27.2 Å². The third-order valence-corrected chi connectivity index (χ3v) is 2.81. The summed E-state index contributed by atoms with van der Waals surface area (Å²) in [7, 11) is 0. The first kappa shape index (κ1) is 14.2. The lowest BCUT2D eigenvalue weighted by atomic mass is 10.1. The van der Waals surface area contributed by atoms with Crippen LogP contribution in [0.15, 0.2) is 24.3 Å². The van der Waals surface area contributed by atoms with Crippen LogP contribution in [-0.4, -0.2) is 28.1 Å². The van der Waals surface area contributed by atoms with Gasteiger partial charge >= 0.3 is 6.01 Å². The van der Waals surface area contributed by atoms with Crippen molar-refractivity contribution in [3.05, 3.63) is 29.8 Å². The predicted molar refractivity (Wildman–Crippen MR) is 79.9 cm³/mol. The Hall–Kier alpha value is -2.17. The minimum absolute atomic E-state index is 0.361. The fourth-order valence-electron chi connectivity index (χ4n) is 1.81. The molecule has 1 heterocycles. The van der Waals surface area contributed by atoms with Crippen molar-refractivity contribution >= 4 is 5.95 Å². The summed E-state index contributed by atoms with van der Waals surface area (Å²) in [4.78, 5) is 13.1. The standard InChI is InChI=1S/C15H20N4O/c1-4-10-16-14-17-13(18-15(19-14)20-5-2)12-9-7-6-8-11(12)3/h6-9H,4-5,10H2,1-3H3,(H,16,17,18,19). The van der Waals surface area contributed by atoms with Gasteiger partial charge in [0.05, 0.1) is 6.61 Å². The Labute approximate surface area is 119 Å². The number of ether oxygens (including phenoxy) is 1. The van der Waals surface area contributed by atoms with Gasteiger partial charge in [0, 0.05) is 12.1 Å². The van der Waals surface area contributed by atoms with Crippen molar-refractivity contribution < 1.29 is 4.74 Å². The molecular formula is C15H20N4O. The average Bonchev–Trinajstić information content (AvgIpc) is 2.46. The summed E-state index contributed by atoms with van der Waals surface area (Å²) in [6.45, 7) is 7.40. The predicted octanol–water partition coefficient (Wildman–Crippen LogP) is 3.07. The van der Waals surface area contributed by atoms with Crippen molar-refractivity contribution in [2.24, 2.45) is 0 Å². The fourth-order valence-corrected chi connectivity index (χ4v) is 1.81. The highest BCUT2D eigenvalue weighted by Crippen LogP contribution is 2.22. The van der Waals surface area contributed by atoms with Gasteiger partial charge in [0.15, 0.2) is 5.82 Å². The molecule has 1 aromatic carbocycles. The lowest BCUT2D eigenvalue weighted by molar-refractivity contribution is 0.312. The van der Waals surface area contributed by atoms with Crippen LogP contribution in [0.4, 0.5) is 5.95 Å². The second-order valence-electron chi connectivity index (χ2n) is 4.44. The van der Waals surface area contributed by atoms with Crippen LogP contribution in [0.5, 0.6) is 6.01 Å². The van der Waals surface area contributed by atoms with Crippen LogP contribution in [0, 0.1) is 6.92 Å². The highest BCUT2D eigenvalue weighted by Gasteiger charge is 2.10. The first-order valence-corrected chi connectivity index (χ1v) is 6.93. The first-order chi connectivity index (χ1) is 9.74. The van der Waals surface area contributed by atoms with Crippen LogP contribution in [0.3, 0.4) is 0 Å². The van der Waals surface area contributed by atoms with E-state index < -0.39 is 0 Å². The topological polar surface area (TPSA) is 59.9 Å². The Kier molecular flexibility index (Phi) is 4.87. The maximum atomic E-state index is 5.43. The molecule has 5 nitrogen and oxygen atoms in total. The number of aromatic nitrogens is 3. The average molecular weight is 272 g/mol. The lowest BCUT2D eigenvalue weighted by Gasteiger charge is -2.09. The van der Waals surface area contributed by atoms with Crippen molar-refractivity contribution in [1.29, 1.82) is 0 Å². The third kappa shape index (κ3) is 3.44. The number of hydrogen-bond acceptors (Lipinski definition) is 5. The molecule has 0 aliphatic carbocycles. The van der Waals surface area contributed by atoms with Gasteiger partial charge in [-0.3, -0.25) is 0 Å². The van der Waals surface area contributed by atoms with Crippen LogP contribution < -0.4 is 10.1 Å². The zero-order valence-electron chi connectivity index (χ0n) is 12.2. The van der Waals surface area contributed by atoms with E-state index in [1.54, 1.807) is 0 Å². The molecule has 0 saturated carbocycles. The van der Waals surface area contributed by atoms with Crippen LogP contribution in [0.1, 0.15) is 25.8 Å². The molecule has 0 saturated heterocycles. The van der Waals surface area contributed by atoms with Crippen LogP contribution >= 0.6 is 0 Å². The number of aryl methyl sites for hydroxylation is 1. The monoisotopic (exact) mass is 272 g/mol. The van der Waals surface area contributed by atoms with Gasteiger partial charge in [0.1, 0.15) is 0 Å². The van der Waals surface area contributed by atoms with Crippen molar-refractivity contribution in [2.45, 2.75) is 27.2 Å². The number of nitrogens with one attached hydrogen (secondary N) is 1. The molecule has 0 spiro atoms. The summed E-state index contributed by atoms with van der Waals surface area (Å²) in [5.41, 5.74) is 2.12. The molecule has 1 N–H and O–H groups in total. The van der Waals surface area contributed by atoms with Gasteiger partial charge < -0.3 is 10.1 Å². The summed E-state index contributed by atoms with van der Waals surface area (Å²) in [6, 6.07) is 8.38. The second kappa shape index (κ2) is 6.84. The molecule has 2 aromatic rings. The number of hydrogen-bond donors (Lipinski definition) is 1. The minimum atomic E-state index is 0.361. The summed E-state index contributed by atoms with van der Waals surface area (Å²) in [6.07, 6.45) is 1.01. The molecule has 5 heteroatoms. The summed E-state index contributed by atoms with van der Waals surface area (Å²) in [5, 5.41) is 3.18. The molecule has 0 bridgehead atoms. The molecule has 106 valence electrons. The molecular weight excluding hydrogens is 252 g/mol. The van der Waals surface area contributed by atoms with Crippen LogP contribution in [0.2, 0.25) is 0 Å². The molecule has 0 radical (unpaired) electrons. The molecule has 0 aliphatic heterocycles. The van der Waals surface area contributed by atoms with E-state index in [0.717, 1.165) is 24.1 Å². The number of benzene rings is 1. The molecule has 0 fully saturated rings. The van der Waals surface area contributed by atoms with Crippen molar-refractivity contribution in [3.8, 4) is 17.4 Å². The van der Waals surface area contributed by atoms with E-state index in [1.165, 1.54) is 0 Å². The molecule has 0 unspecified atom stereocenters. The number of rotatable bonds is 6. The molecule has 0 amide bonds. The van der Waals surface area contributed by atoms with Crippen molar-refractivity contribution in [2.75, 3.05) is 18.5 Å². The van der Waals surface area contributed by atoms with E-state index in [1.807, 2.05) is 38.1 Å². The Bertz CT molecular complexity index is 572. The Morgan fingerprint density at radius 1 is 1.10 bits per heavy atom. The number of anilines is 1. The van der Waals surface area contributed by atoms with E-state index in [4.69, 9.17) is 4.74 Å². The van der Waals surface area contributed by atoms with Gasteiger partial charge in [0.2, 0.25) is 5.95 Å². The van der Waals surface area contributed by atoms with E-state index in [9.17, 15) is 0 Å². The van der Waals surface area contributed by atoms with Crippen molar-refractivity contribution in [3.63, 3.8) is 0 Å². The molecule has 0 aliphatic rings. The molecule has 0 atom stereocenters. The summed E-state index contributed by atoms with van der Waals surface area (Å²) in [5.74, 6) is 1.20. The highest BCUT2D eigenvalue weighted by molar-refractivity contribution is 5.60. The largest absolute Gasteiger partial charge is 0.464 e. The normalized spacial score (nSPS) is 10.3. The van der Waals surface area contributed by atoms with Gasteiger partial charge in [-0.15, -0.1) is 0 Å². The Morgan fingerprint density at radius 3 is 2.60 bits per heavy atom. The maximum Gasteiger partial charge on any atom is 0.321 e. The van der Waals surface area contributed by atoms with E-state index in [0.29, 0.717) is 24.4 Å². The van der Waals surface area contributed by atoms with E-state index >= 15 is 0 Å². The molecule has 2 rings (SSSR count). The lowest BCUT2D eigenvalue weighted by Crippen LogP contribution is -2.09. The zero-order valence-corrected chi connectivity index (χ0v) is 12.2. The van der Waals surface area contributed by atoms with Gasteiger partial charge in [0.25, 0.3) is 0 Å². The molecule has 1 aromatic heterocycles. The Morgan fingerprint density at radius 2 is 1.90 bits per heavy atom. The fraction of sp³-hybridized carbons (Fsp3) is 0.400. The zero-order chi connectivity index (χ0) is 14.4. The van der Waals surface area contributed by atoms with Gasteiger partial charge in [-0.05, 0) is 25.8 Å². The summed E-state index contributed by atoms with van der Waals surface area (Å²) < 4.78 is 5.43. The van der Waals surface area contributed by atoms with Gasteiger partial charge in [-0.2, -0.15) is 15.0 Å². The van der Waals surface area contributed by atoms with Gasteiger partial charge in [-0.25, -0.2) is 0 Å². The summed E-state index contributed by atoms with van der Waals surface area (Å²) >= 11 is 0. The SMILES string of the molecule is CCCNc1nc(OCC)nc(-c2ccccc2C)n1. The highest BCUT2D eigenvalue weighted by atomic mass is 16.5. The number of nitrogens with zero attached hydrogens (tertiary/aromatic N) is 3. The minimum Gasteiger partial charge on any atom is -0.464 e. The van der Waals surface area contributed by atoms with Crippen LogP contribution in [0.25, 0.3) is 11.4 Å². The smallest absolute Gasteiger partial charge is 0.321 e. The van der Waals surface area contributed by atoms with E-state index in [-0.39, 0.29) is 0 Å². The van der Waals surface area contributed by atoms with Gasteiger partial charge in [-0.1, -0.05) is 31.2 Å². The van der Waals surface area contributed by atoms with Crippen LogP contribution in [-0.2, 0) is 0 Å². The quantitative estimate of drug-likeness (QED) is 0.875. The molecule has 20 heavy (non-hydrogen) atoms. The Balaban J connectivity index is 2.40. The third-order valence-electron chi connectivity index (χ3n) is 2.81. The van der Waals surface area contributed by atoms with Crippen molar-refractivity contribution in [1.82, 2.24) is 15.0 Å². The second-order valence-corrected chi connectivity index (χ2v) is 4.44. The first-order valence-electron chi connectivity index (χ1n) is 6.93. The maximum absolute atomic E-state index is 5.43.